The molecule has 2 aliphatic rings. The smallest absolute Gasteiger partial charge is 0.308 e. The summed E-state index contributed by atoms with van der Waals surface area (Å²) in [5, 5.41) is 12.5. The molecule has 0 aromatic heterocycles. The normalized spacial score (nSPS) is 42.9. The van der Waals surface area contributed by atoms with Crippen molar-refractivity contribution < 1.29 is 9.90 Å². The van der Waals surface area contributed by atoms with E-state index < -0.39 is 5.97 Å². The molecule has 80 valence electrons. The number of nitrogens with one attached hydrogen (secondary N) is 1. The summed E-state index contributed by atoms with van der Waals surface area (Å²) in [6.45, 7) is 3.80. The van der Waals surface area contributed by atoms with Gasteiger partial charge in [0.2, 0.25) is 0 Å². The van der Waals surface area contributed by atoms with Crippen LogP contribution in [0.5, 0.6) is 0 Å². The van der Waals surface area contributed by atoms with Crippen molar-refractivity contribution in [3.63, 3.8) is 0 Å². The van der Waals surface area contributed by atoms with Crippen LogP contribution in [0.25, 0.3) is 0 Å². The molecule has 0 bridgehead atoms. The maximum Gasteiger partial charge on any atom is 0.308 e. The molecule has 1 heterocycles. The Labute approximate surface area is 84.9 Å². The standard InChI is InChI=1S/C11H19NO2/c1-8-4-2-3-5-11(8)7-12-6-9(11)10(13)14/h8-9,12H,2-7H2,1H3,(H,13,14). The summed E-state index contributed by atoms with van der Waals surface area (Å²) in [4.78, 5) is 11.2. The van der Waals surface area contributed by atoms with E-state index in [1.165, 1.54) is 19.3 Å². The summed E-state index contributed by atoms with van der Waals surface area (Å²) in [6, 6.07) is 0. The van der Waals surface area contributed by atoms with E-state index in [1.807, 2.05) is 0 Å². The van der Waals surface area contributed by atoms with Crippen molar-refractivity contribution in [2.75, 3.05) is 13.1 Å². The van der Waals surface area contributed by atoms with E-state index in [0.717, 1.165) is 13.0 Å². The molecule has 1 saturated heterocycles. The van der Waals surface area contributed by atoms with Crippen LogP contribution in [0.15, 0.2) is 0 Å². The molecule has 2 fully saturated rings. The third-order valence-corrected chi connectivity index (χ3v) is 4.31. The molecular formula is C11H19NO2. The van der Waals surface area contributed by atoms with Gasteiger partial charge >= 0.3 is 5.97 Å². The molecule has 3 nitrogen and oxygen atoms in total. The van der Waals surface area contributed by atoms with Gasteiger partial charge in [-0.25, -0.2) is 0 Å². The Balaban J connectivity index is 2.22. The minimum absolute atomic E-state index is 0.0596. The first-order valence-corrected chi connectivity index (χ1v) is 5.60. The minimum atomic E-state index is -0.608. The third kappa shape index (κ3) is 1.34. The van der Waals surface area contributed by atoms with Crippen LogP contribution in [0.4, 0.5) is 0 Å². The van der Waals surface area contributed by atoms with E-state index in [0.29, 0.717) is 12.5 Å². The second-order valence-electron chi connectivity index (χ2n) is 4.90. The highest BCUT2D eigenvalue weighted by molar-refractivity contribution is 5.72. The molecule has 2 rings (SSSR count). The van der Waals surface area contributed by atoms with Gasteiger partial charge in [0.15, 0.2) is 0 Å². The Hall–Kier alpha value is -0.570. The van der Waals surface area contributed by atoms with Gasteiger partial charge in [-0.15, -0.1) is 0 Å². The number of rotatable bonds is 1. The fraction of sp³-hybridized carbons (Fsp3) is 0.909. The Bertz CT molecular complexity index is 241. The van der Waals surface area contributed by atoms with Crippen LogP contribution in [0.2, 0.25) is 0 Å². The molecule has 1 aliphatic carbocycles. The monoisotopic (exact) mass is 197 g/mol. The zero-order chi connectivity index (χ0) is 10.2. The summed E-state index contributed by atoms with van der Waals surface area (Å²) in [5.41, 5.74) is 0.0596. The predicted molar refractivity (Wildman–Crippen MR) is 54.1 cm³/mol. The molecule has 1 spiro atoms. The van der Waals surface area contributed by atoms with Gasteiger partial charge in [-0.05, 0) is 17.8 Å². The number of hydrogen-bond acceptors (Lipinski definition) is 2. The second-order valence-corrected chi connectivity index (χ2v) is 4.90. The van der Waals surface area contributed by atoms with Gasteiger partial charge in [-0.3, -0.25) is 4.79 Å². The highest BCUT2D eigenvalue weighted by Crippen LogP contribution is 2.48. The summed E-state index contributed by atoms with van der Waals surface area (Å²) < 4.78 is 0. The van der Waals surface area contributed by atoms with Gasteiger partial charge in [0, 0.05) is 13.1 Å². The first-order valence-electron chi connectivity index (χ1n) is 5.60. The first kappa shape index (κ1) is 9.97. The highest BCUT2D eigenvalue weighted by Gasteiger charge is 2.50. The molecular weight excluding hydrogens is 178 g/mol. The summed E-state index contributed by atoms with van der Waals surface area (Å²) >= 11 is 0. The van der Waals surface area contributed by atoms with Gasteiger partial charge < -0.3 is 10.4 Å². The molecule has 1 aliphatic heterocycles. The van der Waals surface area contributed by atoms with Crippen molar-refractivity contribution in [3.05, 3.63) is 0 Å². The van der Waals surface area contributed by atoms with Gasteiger partial charge in [-0.1, -0.05) is 26.2 Å². The van der Waals surface area contributed by atoms with E-state index in [9.17, 15) is 9.90 Å². The highest BCUT2D eigenvalue weighted by atomic mass is 16.4. The largest absolute Gasteiger partial charge is 0.481 e. The fourth-order valence-corrected chi connectivity index (χ4v) is 3.33. The second kappa shape index (κ2) is 3.54. The Morgan fingerprint density at radius 1 is 1.50 bits per heavy atom. The lowest BCUT2D eigenvalue weighted by atomic mass is 9.62. The van der Waals surface area contributed by atoms with Gasteiger partial charge in [0.05, 0.1) is 5.92 Å². The number of carboxylic acids is 1. The first-order chi connectivity index (χ1) is 6.67. The number of carbonyl (C=O) groups is 1. The van der Waals surface area contributed by atoms with Crippen LogP contribution >= 0.6 is 0 Å². The molecule has 3 heteroatoms. The van der Waals surface area contributed by atoms with E-state index in [4.69, 9.17) is 0 Å². The van der Waals surface area contributed by atoms with Crippen molar-refractivity contribution in [3.8, 4) is 0 Å². The van der Waals surface area contributed by atoms with Gasteiger partial charge in [0.25, 0.3) is 0 Å². The zero-order valence-corrected chi connectivity index (χ0v) is 8.75. The van der Waals surface area contributed by atoms with Crippen LogP contribution in [0.1, 0.15) is 32.6 Å². The van der Waals surface area contributed by atoms with Crippen molar-refractivity contribution in [1.82, 2.24) is 5.32 Å². The van der Waals surface area contributed by atoms with Crippen LogP contribution < -0.4 is 5.32 Å². The lowest BCUT2D eigenvalue weighted by Gasteiger charge is -2.42. The third-order valence-electron chi connectivity index (χ3n) is 4.31. The quantitative estimate of drug-likeness (QED) is 0.669. The topological polar surface area (TPSA) is 49.3 Å². The molecule has 0 aromatic carbocycles. The Morgan fingerprint density at radius 2 is 2.29 bits per heavy atom. The van der Waals surface area contributed by atoms with Crippen LogP contribution in [-0.2, 0) is 4.79 Å². The van der Waals surface area contributed by atoms with E-state index in [1.54, 1.807) is 0 Å². The average molecular weight is 197 g/mol. The zero-order valence-electron chi connectivity index (χ0n) is 8.75. The van der Waals surface area contributed by atoms with E-state index >= 15 is 0 Å². The maximum atomic E-state index is 11.2. The van der Waals surface area contributed by atoms with Crippen LogP contribution in [-0.4, -0.2) is 24.2 Å². The fourth-order valence-electron chi connectivity index (χ4n) is 3.33. The lowest BCUT2D eigenvalue weighted by molar-refractivity contribution is -0.147. The molecule has 0 aromatic rings. The Kier molecular flexibility index (Phi) is 2.52. The number of hydrogen-bond donors (Lipinski definition) is 2. The SMILES string of the molecule is CC1CCCCC12CNCC2C(=O)O. The summed E-state index contributed by atoms with van der Waals surface area (Å²) in [5.74, 6) is -0.200. The average Bonchev–Trinajstić information content (AvgIpc) is 2.55. The van der Waals surface area contributed by atoms with Crippen LogP contribution in [0.3, 0.4) is 0 Å². The van der Waals surface area contributed by atoms with Gasteiger partial charge in [0.1, 0.15) is 0 Å². The van der Waals surface area contributed by atoms with Crippen molar-refractivity contribution >= 4 is 5.97 Å². The molecule has 1 saturated carbocycles. The van der Waals surface area contributed by atoms with Gasteiger partial charge in [-0.2, -0.15) is 0 Å². The number of carboxylic acid groups (broad SMARTS) is 1. The maximum absolute atomic E-state index is 11.2. The van der Waals surface area contributed by atoms with Crippen molar-refractivity contribution in [2.24, 2.45) is 17.3 Å². The molecule has 3 atom stereocenters. The van der Waals surface area contributed by atoms with E-state index in [2.05, 4.69) is 12.2 Å². The number of aliphatic carboxylic acids is 1. The molecule has 2 N–H and O–H groups in total. The van der Waals surface area contributed by atoms with E-state index in [-0.39, 0.29) is 11.3 Å². The van der Waals surface area contributed by atoms with Crippen LogP contribution in [0, 0.1) is 17.3 Å². The summed E-state index contributed by atoms with van der Waals surface area (Å²) in [7, 11) is 0. The molecule has 0 radical (unpaired) electrons. The minimum Gasteiger partial charge on any atom is -0.481 e. The predicted octanol–water partition coefficient (Wildman–Crippen LogP) is 1.49. The lowest BCUT2D eigenvalue weighted by Crippen LogP contribution is -2.42. The molecule has 14 heavy (non-hydrogen) atoms. The Morgan fingerprint density at radius 3 is 2.93 bits per heavy atom. The summed E-state index contributed by atoms with van der Waals surface area (Å²) in [6.07, 6.45) is 4.77. The van der Waals surface area contributed by atoms with Crippen molar-refractivity contribution in [1.29, 1.82) is 0 Å². The molecule has 0 amide bonds. The molecule has 3 unspecified atom stereocenters. The van der Waals surface area contributed by atoms with Crippen molar-refractivity contribution in [2.45, 2.75) is 32.6 Å².